The summed E-state index contributed by atoms with van der Waals surface area (Å²) < 4.78 is 6.13. The van der Waals surface area contributed by atoms with E-state index in [0.29, 0.717) is 0 Å². The lowest BCUT2D eigenvalue weighted by Gasteiger charge is -2.44. The predicted octanol–water partition coefficient (Wildman–Crippen LogP) is 4.38. The summed E-state index contributed by atoms with van der Waals surface area (Å²) in [6.07, 6.45) is 3.31. The molecule has 1 aliphatic rings. The van der Waals surface area contributed by atoms with Crippen molar-refractivity contribution in [3.63, 3.8) is 0 Å². The van der Waals surface area contributed by atoms with Crippen LogP contribution >= 0.6 is 0 Å². The van der Waals surface area contributed by atoms with Crippen molar-refractivity contribution >= 4 is 0 Å². The van der Waals surface area contributed by atoms with Gasteiger partial charge >= 0.3 is 0 Å². The first-order chi connectivity index (χ1) is 9.62. The summed E-state index contributed by atoms with van der Waals surface area (Å²) in [5.74, 6) is 0. The Morgan fingerprint density at radius 1 is 0.800 bits per heavy atom. The summed E-state index contributed by atoms with van der Waals surface area (Å²) in [5, 5.41) is 0. The zero-order chi connectivity index (χ0) is 14.1. The molecule has 0 bridgehead atoms. The van der Waals surface area contributed by atoms with Crippen LogP contribution in [0.5, 0.6) is 0 Å². The molecule has 1 nitrogen and oxygen atoms in total. The number of hydrogen-bond acceptors (Lipinski definition) is 1. The molecule has 0 saturated carbocycles. The smallest absolute Gasteiger partial charge is 0.0659 e. The van der Waals surface area contributed by atoms with Crippen LogP contribution in [0.1, 0.15) is 31.4 Å². The maximum absolute atomic E-state index is 6.13. The van der Waals surface area contributed by atoms with Crippen LogP contribution < -0.4 is 0 Å². The van der Waals surface area contributed by atoms with Crippen molar-refractivity contribution in [2.45, 2.75) is 31.3 Å². The minimum atomic E-state index is -0.132. The van der Waals surface area contributed by atoms with Crippen molar-refractivity contribution in [2.24, 2.45) is 0 Å². The van der Waals surface area contributed by atoms with Gasteiger partial charge in [-0.2, -0.15) is 0 Å². The molecule has 2 aromatic carbocycles. The molecule has 0 spiro atoms. The van der Waals surface area contributed by atoms with Gasteiger partial charge in [0.1, 0.15) is 0 Å². The van der Waals surface area contributed by atoms with Crippen LogP contribution in [0.2, 0.25) is 0 Å². The normalized spacial score (nSPS) is 20.5. The van der Waals surface area contributed by atoms with Crippen molar-refractivity contribution in [3.05, 3.63) is 78.2 Å². The number of rotatable bonds is 2. The van der Waals surface area contributed by atoms with Gasteiger partial charge in [0.05, 0.1) is 12.2 Å². The zero-order valence-electron chi connectivity index (χ0n) is 12.2. The van der Waals surface area contributed by atoms with E-state index in [4.69, 9.17) is 4.74 Å². The fraction of sp³-hybridized carbons (Fsp3) is 0.316. The van der Waals surface area contributed by atoms with Gasteiger partial charge in [0, 0.05) is 5.41 Å². The van der Waals surface area contributed by atoms with Crippen LogP contribution in [-0.2, 0) is 10.2 Å². The monoisotopic (exact) mass is 265 g/mol. The molecule has 103 valence electrons. The first kappa shape index (κ1) is 13.4. The van der Waals surface area contributed by atoms with E-state index in [-0.39, 0.29) is 11.0 Å². The molecule has 2 aromatic rings. The van der Waals surface area contributed by atoms with Crippen LogP contribution in [0.4, 0.5) is 0 Å². The van der Waals surface area contributed by atoms with Gasteiger partial charge in [0.25, 0.3) is 0 Å². The van der Waals surface area contributed by atoms with E-state index in [1.165, 1.54) is 11.1 Å². The number of ether oxygens (including phenoxy) is 1. The molecule has 1 heteroatoms. The second-order valence-electron chi connectivity index (χ2n) is 6.11. The molecule has 0 N–H and O–H groups in total. The van der Waals surface area contributed by atoms with E-state index in [1.807, 2.05) is 0 Å². The van der Waals surface area contributed by atoms with E-state index >= 15 is 0 Å². The third-order valence-electron chi connectivity index (χ3n) is 4.29. The van der Waals surface area contributed by atoms with Crippen LogP contribution in [-0.4, -0.2) is 12.2 Å². The Hall–Kier alpha value is -1.60. The van der Waals surface area contributed by atoms with E-state index < -0.39 is 0 Å². The maximum Gasteiger partial charge on any atom is 0.0659 e. The highest BCUT2D eigenvalue weighted by molar-refractivity contribution is 5.41. The molecular formula is C19H21O. The molecule has 1 aliphatic heterocycles. The Bertz CT molecular complexity index is 505. The average molecular weight is 265 g/mol. The molecule has 1 fully saturated rings. The standard InChI is InChI=1S/C19H21O/c1-18(2)13-14-19(15-20-18,16-9-5-3-6-10-16)17-11-7-4-8-12-17/h3-13H,14-15H2,1-2H3. The van der Waals surface area contributed by atoms with Crippen LogP contribution in [0.25, 0.3) is 0 Å². The lowest BCUT2D eigenvalue weighted by Crippen LogP contribution is -2.45. The third kappa shape index (κ3) is 2.38. The summed E-state index contributed by atoms with van der Waals surface area (Å²) >= 11 is 0. The molecule has 0 unspecified atom stereocenters. The summed E-state index contributed by atoms with van der Waals surface area (Å²) in [7, 11) is 0. The minimum Gasteiger partial charge on any atom is -0.374 e. The van der Waals surface area contributed by atoms with Crippen molar-refractivity contribution in [3.8, 4) is 0 Å². The Labute approximate surface area is 121 Å². The first-order valence-electron chi connectivity index (χ1n) is 7.22. The highest BCUT2D eigenvalue weighted by Gasteiger charge is 2.41. The Morgan fingerprint density at radius 3 is 1.70 bits per heavy atom. The molecule has 1 radical (unpaired) electrons. The lowest BCUT2D eigenvalue weighted by molar-refractivity contribution is -0.0441. The van der Waals surface area contributed by atoms with Gasteiger partial charge in [-0.15, -0.1) is 0 Å². The van der Waals surface area contributed by atoms with E-state index in [1.54, 1.807) is 0 Å². The second kappa shape index (κ2) is 5.06. The van der Waals surface area contributed by atoms with Crippen molar-refractivity contribution in [2.75, 3.05) is 6.61 Å². The van der Waals surface area contributed by atoms with Gasteiger partial charge in [-0.05, 0) is 37.8 Å². The summed E-state index contributed by atoms with van der Waals surface area (Å²) in [6, 6.07) is 21.4. The molecule has 0 atom stereocenters. The third-order valence-corrected chi connectivity index (χ3v) is 4.29. The van der Waals surface area contributed by atoms with Crippen molar-refractivity contribution in [1.29, 1.82) is 0 Å². The predicted molar refractivity (Wildman–Crippen MR) is 82.6 cm³/mol. The SMILES string of the molecule is CC1(C)[CH]CC(c2ccccc2)(c2ccccc2)CO1. The summed E-state index contributed by atoms with van der Waals surface area (Å²) in [6.45, 7) is 4.99. The highest BCUT2D eigenvalue weighted by Crippen LogP contribution is 2.42. The molecule has 20 heavy (non-hydrogen) atoms. The Kier molecular flexibility index (Phi) is 3.39. The number of benzene rings is 2. The van der Waals surface area contributed by atoms with Gasteiger partial charge in [0.15, 0.2) is 0 Å². The average Bonchev–Trinajstić information content (AvgIpc) is 2.50. The fourth-order valence-corrected chi connectivity index (χ4v) is 2.93. The molecule has 0 aliphatic carbocycles. The van der Waals surface area contributed by atoms with Gasteiger partial charge in [-0.3, -0.25) is 0 Å². The first-order valence-corrected chi connectivity index (χ1v) is 7.22. The second-order valence-corrected chi connectivity index (χ2v) is 6.11. The Balaban J connectivity index is 2.06. The van der Waals surface area contributed by atoms with Crippen LogP contribution in [0.3, 0.4) is 0 Å². The quantitative estimate of drug-likeness (QED) is 0.783. The lowest BCUT2D eigenvalue weighted by atomic mass is 9.69. The molecule has 0 amide bonds. The van der Waals surface area contributed by atoms with Gasteiger partial charge in [-0.1, -0.05) is 60.7 Å². The van der Waals surface area contributed by atoms with Gasteiger partial charge < -0.3 is 4.74 Å². The maximum atomic E-state index is 6.13. The van der Waals surface area contributed by atoms with Crippen molar-refractivity contribution < 1.29 is 4.74 Å². The van der Waals surface area contributed by atoms with E-state index in [9.17, 15) is 0 Å². The molecule has 1 heterocycles. The van der Waals surface area contributed by atoms with E-state index in [2.05, 4.69) is 80.9 Å². The zero-order valence-corrected chi connectivity index (χ0v) is 12.2. The highest BCUT2D eigenvalue weighted by atomic mass is 16.5. The van der Waals surface area contributed by atoms with Gasteiger partial charge in [-0.25, -0.2) is 0 Å². The van der Waals surface area contributed by atoms with Crippen molar-refractivity contribution in [1.82, 2.24) is 0 Å². The molecule has 0 aromatic heterocycles. The van der Waals surface area contributed by atoms with E-state index in [0.717, 1.165) is 13.0 Å². The fourth-order valence-electron chi connectivity index (χ4n) is 2.93. The summed E-state index contributed by atoms with van der Waals surface area (Å²) in [4.78, 5) is 0. The largest absolute Gasteiger partial charge is 0.374 e. The molecular weight excluding hydrogens is 244 g/mol. The minimum absolute atomic E-state index is 0.0575. The molecule has 3 rings (SSSR count). The number of hydrogen-bond donors (Lipinski definition) is 0. The summed E-state index contributed by atoms with van der Waals surface area (Å²) in [5.41, 5.74) is 2.47. The molecule has 1 saturated heterocycles. The Morgan fingerprint density at radius 2 is 1.30 bits per heavy atom. The van der Waals surface area contributed by atoms with Crippen LogP contribution in [0.15, 0.2) is 60.7 Å². The topological polar surface area (TPSA) is 9.23 Å². The van der Waals surface area contributed by atoms with Crippen LogP contribution in [0, 0.1) is 6.42 Å². The van der Waals surface area contributed by atoms with Gasteiger partial charge in [0.2, 0.25) is 0 Å².